The van der Waals surface area contributed by atoms with Gasteiger partial charge in [-0.25, -0.2) is 0 Å². The lowest BCUT2D eigenvalue weighted by Crippen LogP contribution is -1.71. The lowest BCUT2D eigenvalue weighted by atomic mass is 10.2. The van der Waals surface area contributed by atoms with E-state index in [2.05, 4.69) is 31.4 Å². The van der Waals surface area contributed by atoms with Crippen LogP contribution in [0.25, 0.3) is 0 Å². The first kappa shape index (κ1) is 9.04. The SMILES string of the molecule is C=CC/C=C(/C)CC#CC. The van der Waals surface area contributed by atoms with E-state index in [1.54, 1.807) is 0 Å². The second-order valence-corrected chi connectivity index (χ2v) is 2.18. The highest BCUT2D eigenvalue weighted by atomic mass is 13.9. The Balaban J connectivity index is 3.66. The van der Waals surface area contributed by atoms with Crippen LogP contribution < -0.4 is 0 Å². The monoisotopic (exact) mass is 134 g/mol. The van der Waals surface area contributed by atoms with Gasteiger partial charge in [-0.15, -0.1) is 12.5 Å². The largest absolute Gasteiger partial charge is 0.106 e. The summed E-state index contributed by atoms with van der Waals surface area (Å²) < 4.78 is 0. The van der Waals surface area contributed by atoms with Gasteiger partial charge in [0.2, 0.25) is 0 Å². The highest BCUT2D eigenvalue weighted by Crippen LogP contribution is 1.99. The lowest BCUT2D eigenvalue weighted by molar-refractivity contribution is 1.20. The van der Waals surface area contributed by atoms with Crippen LogP contribution in [0, 0.1) is 11.8 Å². The first-order valence-corrected chi connectivity index (χ1v) is 3.47. The molecule has 0 rings (SSSR count). The standard InChI is InChI=1S/C10H14/c1-4-6-8-10(3)9-7-5-2/h4,8H,1,6,9H2,2-3H3/b10-8-. The van der Waals surface area contributed by atoms with Gasteiger partial charge in [-0.2, -0.15) is 0 Å². The molecule has 0 bridgehead atoms. The van der Waals surface area contributed by atoms with Crippen molar-refractivity contribution in [2.75, 3.05) is 0 Å². The lowest BCUT2D eigenvalue weighted by Gasteiger charge is -1.89. The van der Waals surface area contributed by atoms with Crippen molar-refractivity contribution in [3.8, 4) is 11.8 Å². The van der Waals surface area contributed by atoms with Crippen molar-refractivity contribution in [3.05, 3.63) is 24.3 Å². The van der Waals surface area contributed by atoms with Crippen LogP contribution in [0.3, 0.4) is 0 Å². The molecule has 0 aromatic heterocycles. The molecule has 0 nitrogen and oxygen atoms in total. The van der Waals surface area contributed by atoms with Crippen LogP contribution in [-0.4, -0.2) is 0 Å². The average molecular weight is 134 g/mol. The summed E-state index contributed by atoms with van der Waals surface area (Å²) in [5, 5.41) is 0. The molecular weight excluding hydrogens is 120 g/mol. The number of hydrogen-bond acceptors (Lipinski definition) is 0. The van der Waals surface area contributed by atoms with Gasteiger partial charge in [-0.1, -0.05) is 23.6 Å². The fraction of sp³-hybridized carbons (Fsp3) is 0.400. The maximum Gasteiger partial charge on any atom is 0.0296 e. The second kappa shape index (κ2) is 6.16. The van der Waals surface area contributed by atoms with Gasteiger partial charge >= 0.3 is 0 Å². The van der Waals surface area contributed by atoms with Crippen molar-refractivity contribution in [1.82, 2.24) is 0 Å². The van der Waals surface area contributed by atoms with E-state index in [1.165, 1.54) is 5.57 Å². The summed E-state index contributed by atoms with van der Waals surface area (Å²) in [5.74, 6) is 5.86. The van der Waals surface area contributed by atoms with Gasteiger partial charge < -0.3 is 0 Å². The maximum atomic E-state index is 3.63. The quantitative estimate of drug-likeness (QED) is 0.411. The molecule has 0 radical (unpaired) electrons. The molecule has 0 aliphatic rings. The van der Waals surface area contributed by atoms with Gasteiger partial charge in [0.1, 0.15) is 0 Å². The Morgan fingerprint density at radius 2 is 2.30 bits per heavy atom. The third-order valence-electron chi connectivity index (χ3n) is 1.18. The summed E-state index contributed by atoms with van der Waals surface area (Å²) in [5.41, 5.74) is 1.33. The van der Waals surface area contributed by atoms with Crippen LogP contribution in [-0.2, 0) is 0 Å². The summed E-state index contributed by atoms with van der Waals surface area (Å²) in [6, 6.07) is 0. The number of allylic oxidation sites excluding steroid dienone is 3. The molecular formula is C10H14. The van der Waals surface area contributed by atoms with Gasteiger partial charge in [0.25, 0.3) is 0 Å². The highest BCUT2D eigenvalue weighted by molar-refractivity contribution is 5.11. The van der Waals surface area contributed by atoms with Crippen molar-refractivity contribution in [2.24, 2.45) is 0 Å². The van der Waals surface area contributed by atoms with Gasteiger partial charge in [-0.05, 0) is 20.3 Å². The molecule has 0 aliphatic heterocycles. The van der Waals surface area contributed by atoms with Crippen LogP contribution in [0.2, 0.25) is 0 Å². The highest BCUT2D eigenvalue weighted by Gasteiger charge is 1.81. The summed E-state index contributed by atoms with van der Waals surface area (Å²) in [6.45, 7) is 7.59. The average Bonchev–Trinajstić information content (AvgIpc) is 1.97. The predicted octanol–water partition coefficient (Wildman–Crippen LogP) is 2.92. The normalized spacial score (nSPS) is 10.0. The Morgan fingerprint density at radius 1 is 1.60 bits per heavy atom. The Kier molecular flexibility index (Phi) is 5.57. The summed E-state index contributed by atoms with van der Waals surface area (Å²) >= 11 is 0. The molecule has 0 aliphatic carbocycles. The zero-order chi connectivity index (χ0) is 7.82. The van der Waals surface area contributed by atoms with Crippen LogP contribution in [0.1, 0.15) is 26.7 Å². The summed E-state index contributed by atoms with van der Waals surface area (Å²) in [7, 11) is 0. The van der Waals surface area contributed by atoms with Gasteiger partial charge in [0.15, 0.2) is 0 Å². The van der Waals surface area contributed by atoms with E-state index < -0.39 is 0 Å². The van der Waals surface area contributed by atoms with Crippen molar-refractivity contribution >= 4 is 0 Å². The van der Waals surface area contributed by atoms with Gasteiger partial charge in [0, 0.05) is 6.42 Å². The molecule has 0 atom stereocenters. The van der Waals surface area contributed by atoms with Crippen LogP contribution in [0.15, 0.2) is 24.3 Å². The predicted molar refractivity (Wildman–Crippen MR) is 46.6 cm³/mol. The molecule has 0 N–H and O–H groups in total. The van der Waals surface area contributed by atoms with E-state index in [-0.39, 0.29) is 0 Å². The molecule has 0 spiro atoms. The second-order valence-electron chi connectivity index (χ2n) is 2.18. The molecule has 0 saturated carbocycles. The zero-order valence-corrected chi connectivity index (χ0v) is 6.78. The van der Waals surface area contributed by atoms with Crippen LogP contribution in [0.4, 0.5) is 0 Å². The zero-order valence-electron chi connectivity index (χ0n) is 6.78. The fourth-order valence-corrected chi connectivity index (χ4v) is 0.584. The smallest absolute Gasteiger partial charge is 0.0296 e. The van der Waals surface area contributed by atoms with E-state index in [4.69, 9.17) is 0 Å². The van der Waals surface area contributed by atoms with Crippen molar-refractivity contribution < 1.29 is 0 Å². The molecule has 0 heteroatoms. The third kappa shape index (κ3) is 5.18. The Hall–Kier alpha value is -0.960. The molecule has 10 heavy (non-hydrogen) atoms. The van der Waals surface area contributed by atoms with E-state index in [9.17, 15) is 0 Å². The first-order valence-electron chi connectivity index (χ1n) is 3.47. The Bertz CT molecular complexity index is 174. The van der Waals surface area contributed by atoms with E-state index >= 15 is 0 Å². The van der Waals surface area contributed by atoms with Crippen molar-refractivity contribution in [3.63, 3.8) is 0 Å². The topological polar surface area (TPSA) is 0 Å². The molecule has 0 aromatic rings. The van der Waals surface area contributed by atoms with Crippen molar-refractivity contribution in [1.29, 1.82) is 0 Å². The van der Waals surface area contributed by atoms with E-state index in [0.717, 1.165) is 12.8 Å². The third-order valence-corrected chi connectivity index (χ3v) is 1.18. The Morgan fingerprint density at radius 3 is 2.80 bits per heavy atom. The Labute approximate surface area is 63.6 Å². The van der Waals surface area contributed by atoms with Gasteiger partial charge in [-0.3, -0.25) is 0 Å². The molecule has 0 amide bonds. The van der Waals surface area contributed by atoms with E-state index in [1.807, 2.05) is 13.0 Å². The molecule has 0 saturated heterocycles. The minimum atomic E-state index is 0.893. The van der Waals surface area contributed by atoms with Crippen LogP contribution in [0.5, 0.6) is 0 Å². The van der Waals surface area contributed by atoms with Crippen LogP contribution >= 0.6 is 0 Å². The maximum absolute atomic E-state index is 3.63. The summed E-state index contributed by atoms with van der Waals surface area (Å²) in [6.07, 6.45) is 5.89. The summed E-state index contributed by atoms with van der Waals surface area (Å²) in [4.78, 5) is 0. The fourth-order valence-electron chi connectivity index (χ4n) is 0.584. The molecule has 0 heterocycles. The van der Waals surface area contributed by atoms with Crippen molar-refractivity contribution in [2.45, 2.75) is 26.7 Å². The van der Waals surface area contributed by atoms with E-state index in [0.29, 0.717) is 0 Å². The molecule has 54 valence electrons. The minimum Gasteiger partial charge on any atom is -0.106 e. The minimum absolute atomic E-state index is 0.893. The molecule has 0 aromatic carbocycles. The molecule has 0 fully saturated rings. The molecule has 0 unspecified atom stereocenters. The van der Waals surface area contributed by atoms with Gasteiger partial charge in [0.05, 0.1) is 0 Å². The number of hydrogen-bond donors (Lipinski definition) is 0. The first-order chi connectivity index (χ1) is 4.81. The number of rotatable bonds is 3.